The maximum absolute atomic E-state index is 13.5. The number of halogens is 2. The van der Waals surface area contributed by atoms with Gasteiger partial charge in [-0.05, 0) is 55.2 Å². The summed E-state index contributed by atoms with van der Waals surface area (Å²) >= 11 is 6.15. The summed E-state index contributed by atoms with van der Waals surface area (Å²) in [5.41, 5.74) is 1.29. The van der Waals surface area contributed by atoms with Crippen LogP contribution in [0.1, 0.15) is 28.8 Å². The largest absolute Gasteiger partial charge is 0.491 e. The lowest BCUT2D eigenvalue weighted by Gasteiger charge is -2.25. The highest BCUT2D eigenvalue weighted by Crippen LogP contribution is 2.23. The minimum atomic E-state index is -0.475. The molecule has 0 aliphatic carbocycles. The van der Waals surface area contributed by atoms with E-state index < -0.39 is 17.8 Å². The smallest absolute Gasteiger partial charge is 0.260 e. The Kier molecular flexibility index (Phi) is 10.3. The van der Waals surface area contributed by atoms with Crippen LogP contribution in [0.2, 0.25) is 5.02 Å². The fourth-order valence-corrected chi connectivity index (χ4v) is 4.47. The third-order valence-corrected chi connectivity index (χ3v) is 6.54. The van der Waals surface area contributed by atoms with Crippen LogP contribution < -0.4 is 20.1 Å². The first kappa shape index (κ1) is 28.9. The third kappa shape index (κ3) is 8.71. The first-order valence-corrected chi connectivity index (χ1v) is 13.4. The van der Waals surface area contributed by atoms with Crippen LogP contribution >= 0.6 is 11.6 Å². The van der Waals surface area contributed by atoms with Crippen molar-refractivity contribution in [3.8, 4) is 11.5 Å². The van der Waals surface area contributed by atoms with Gasteiger partial charge < -0.3 is 25.0 Å². The van der Waals surface area contributed by atoms with Crippen molar-refractivity contribution < 1.29 is 28.2 Å². The predicted molar refractivity (Wildman–Crippen MR) is 149 cm³/mol. The monoisotopic (exact) mass is 567 g/mol. The Labute approximate surface area is 237 Å². The number of nitrogens with one attached hydrogen (secondary N) is 2. The van der Waals surface area contributed by atoms with Gasteiger partial charge in [0, 0.05) is 24.2 Å². The van der Waals surface area contributed by atoms with Crippen LogP contribution in [-0.2, 0) is 16.0 Å². The number of nitrogens with zero attached hydrogens (tertiary/aromatic N) is 1. The van der Waals surface area contributed by atoms with Crippen LogP contribution in [0.3, 0.4) is 0 Å². The van der Waals surface area contributed by atoms with Crippen molar-refractivity contribution >= 4 is 29.3 Å². The number of carbonyl (C=O) groups is 3. The van der Waals surface area contributed by atoms with Gasteiger partial charge in [-0.1, -0.05) is 48.0 Å². The van der Waals surface area contributed by atoms with E-state index in [2.05, 4.69) is 10.6 Å². The number of fused-ring (bicyclic) bond motifs is 1. The Hall–Kier alpha value is -4.11. The lowest BCUT2D eigenvalue weighted by Crippen LogP contribution is -2.48. The zero-order valence-corrected chi connectivity index (χ0v) is 22.7. The van der Waals surface area contributed by atoms with Crippen molar-refractivity contribution in [1.82, 2.24) is 15.5 Å². The highest BCUT2D eigenvalue weighted by molar-refractivity contribution is 6.31. The summed E-state index contributed by atoms with van der Waals surface area (Å²) in [7, 11) is 0. The van der Waals surface area contributed by atoms with E-state index in [-0.39, 0.29) is 43.9 Å². The maximum atomic E-state index is 13.5. The molecule has 210 valence electrons. The van der Waals surface area contributed by atoms with Gasteiger partial charge in [0.2, 0.25) is 5.91 Å². The average Bonchev–Trinajstić information content (AvgIpc) is 2.94. The van der Waals surface area contributed by atoms with Crippen LogP contribution in [0.15, 0.2) is 72.8 Å². The Balaban J connectivity index is 1.51. The van der Waals surface area contributed by atoms with E-state index in [0.717, 1.165) is 5.56 Å². The fourth-order valence-electron chi connectivity index (χ4n) is 4.30. The van der Waals surface area contributed by atoms with Crippen molar-refractivity contribution in [2.75, 3.05) is 32.8 Å². The molecule has 3 aromatic rings. The molecule has 8 nitrogen and oxygen atoms in total. The van der Waals surface area contributed by atoms with Gasteiger partial charge >= 0.3 is 0 Å². The summed E-state index contributed by atoms with van der Waals surface area (Å²) in [6.07, 6.45) is 1.57. The predicted octanol–water partition coefficient (Wildman–Crippen LogP) is 4.02. The Morgan fingerprint density at radius 1 is 1.05 bits per heavy atom. The summed E-state index contributed by atoms with van der Waals surface area (Å²) in [4.78, 5) is 40.5. The quantitative estimate of drug-likeness (QED) is 0.485. The van der Waals surface area contributed by atoms with Crippen molar-refractivity contribution in [1.29, 1.82) is 0 Å². The molecule has 10 heteroatoms. The standard InChI is InChI=1S/C30H31ClFN3O5/c31-22-11-12-27-26(16-22)30(38)33-13-4-5-14-35(29(37)20-39-25-10-6-9-23(32)17-25)18-28(36)34-24(19-40-27)15-21-7-2-1-3-8-21/h1-3,6-12,16-17,24H,4-5,13-15,18-20H2,(H,33,38)(H,34,36)/t24-/m0/s1. The summed E-state index contributed by atoms with van der Waals surface area (Å²) in [5, 5.41) is 6.25. The average molecular weight is 568 g/mol. The molecule has 3 aromatic carbocycles. The molecule has 0 fully saturated rings. The molecule has 1 heterocycles. The molecule has 1 aliphatic rings. The van der Waals surface area contributed by atoms with E-state index in [9.17, 15) is 18.8 Å². The van der Waals surface area contributed by atoms with Gasteiger partial charge in [-0.3, -0.25) is 14.4 Å². The van der Waals surface area contributed by atoms with Crippen molar-refractivity contribution in [3.05, 3.63) is 94.8 Å². The lowest BCUT2D eigenvalue weighted by molar-refractivity contribution is -0.138. The highest BCUT2D eigenvalue weighted by Gasteiger charge is 2.22. The molecule has 3 amide bonds. The zero-order valence-electron chi connectivity index (χ0n) is 21.9. The van der Waals surface area contributed by atoms with E-state index in [1.165, 1.54) is 23.1 Å². The minimum absolute atomic E-state index is 0.0825. The molecule has 0 aromatic heterocycles. The molecule has 0 saturated carbocycles. The van der Waals surface area contributed by atoms with Gasteiger partial charge in [0.15, 0.2) is 6.61 Å². The van der Waals surface area contributed by atoms with Gasteiger partial charge in [-0.25, -0.2) is 4.39 Å². The number of benzene rings is 3. The Morgan fingerprint density at radius 2 is 1.88 bits per heavy atom. The van der Waals surface area contributed by atoms with Gasteiger partial charge in [-0.2, -0.15) is 0 Å². The molecular weight excluding hydrogens is 537 g/mol. The molecule has 0 unspecified atom stereocenters. The van der Waals surface area contributed by atoms with Gasteiger partial charge in [0.05, 0.1) is 18.2 Å². The highest BCUT2D eigenvalue weighted by atomic mass is 35.5. The number of hydrogen-bond donors (Lipinski definition) is 2. The second-order valence-electron chi connectivity index (χ2n) is 9.43. The second kappa shape index (κ2) is 14.3. The molecule has 1 aliphatic heterocycles. The van der Waals surface area contributed by atoms with Crippen LogP contribution in [-0.4, -0.2) is 61.5 Å². The fraction of sp³-hybridized carbons (Fsp3) is 0.300. The number of ether oxygens (including phenoxy) is 2. The Bertz CT molecular complexity index is 1320. The van der Waals surface area contributed by atoms with Gasteiger partial charge in [-0.15, -0.1) is 0 Å². The molecule has 2 N–H and O–H groups in total. The number of amides is 3. The SMILES string of the molecule is O=C1CN(C(=O)COc2cccc(F)c2)CCCCNC(=O)c2cc(Cl)ccc2OC[C@H](Cc2ccccc2)N1. The van der Waals surface area contributed by atoms with Crippen LogP contribution in [0.4, 0.5) is 4.39 Å². The van der Waals surface area contributed by atoms with Crippen LogP contribution in [0.25, 0.3) is 0 Å². The van der Waals surface area contributed by atoms with Crippen molar-refractivity contribution in [2.24, 2.45) is 0 Å². The normalized spacial score (nSPS) is 16.9. The maximum Gasteiger partial charge on any atom is 0.260 e. The molecule has 0 saturated heterocycles. The van der Waals surface area contributed by atoms with E-state index >= 15 is 0 Å². The second-order valence-corrected chi connectivity index (χ2v) is 9.87. The van der Waals surface area contributed by atoms with Gasteiger partial charge in [0.1, 0.15) is 23.9 Å². The minimum Gasteiger partial charge on any atom is -0.491 e. The van der Waals surface area contributed by atoms with E-state index in [4.69, 9.17) is 21.1 Å². The third-order valence-electron chi connectivity index (χ3n) is 6.30. The van der Waals surface area contributed by atoms with E-state index in [0.29, 0.717) is 42.1 Å². The summed E-state index contributed by atoms with van der Waals surface area (Å²) in [6.45, 7) is 0.181. The molecule has 0 spiro atoms. The van der Waals surface area contributed by atoms with E-state index in [1.807, 2.05) is 30.3 Å². The molecule has 40 heavy (non-hydrogen) atoms. The molecular formula is C30H31ClFN3O5. The van der Waals surface area contributed by atoms with Gasteiger partial charge in [0.25, 0.3) is 11.8 Å². The number of carbonyl (C=O) groups excluding carboxylic acids is 3. The summed E-state index contributed by atoms with van der Waals surface area (Å²) in [5.74, 6) is -0.993. The molecule has 0 radical (unpaired) electrons. The van der Waals surface area contributed by atoms with Crippen molar-refractivity contribution in [3.63, 3.8) is 0 Å². The van der Waals surface area contributed by atoms with Crippen molar-refractivity contribution in [2.45, 2.75) is 25.3 Å². The first-order chi connectivity index (χ1) is 19.4. The molecule has 0 bridgehead atoms. The van der Waals surface area contributed by atoms with E-state index in [1.54, 1.807) is 24.3 Å². The topological polar surface area (TPSA) is 97.0 Å². The summed E-state index contributed by atoms with van der Waals surface area (Å²) in [6, 6.07) is 19.5. The van der Waals surface area contributed by atoms with Crippen LogP contribution in [0.5, 0.6) is 11.5 Å². The van der Waals surface area contributed by atoms with Crippen LogP contribution in [0, 0.1) is 5.82 Å². The zero-order chi connectivity index (χ0) is 28.3. The lowest BCUT2D eigenvalue weighted by atomic mass is 10.1. The summed E-state index contributed by atoms with van der Waals surface area (Å²) < 4.78 is 25.0. The molecule has 4 rings (SSSR count). The Morgan fingerprint density at radius 3 is 2.67 bits per heavy atom. The first-order valence-electron chi connectivity index (χ1n) is 13.1. The number of hydrogen-bond acceptors (Lipinski definition) is 5. The molecule has 1 atom stereocenters. The number of rotatable bonds is 5.